The topological polar surface area (TPSA) is 49.0 Å². The molecule has 0 spiro atoms. The van der Waals surface area contributed by atoms with Crippen molar-refractivity contribution in [3.63, 3.8) is 0 Å². The molecular weight excluding hydrogens is 477 g/mol. The summed E-state index contributed by atoms with van der Waals surface area (Å²) < 4.78 is 5.91. The molecule has 0 atom stereocenters. The zero-order chi connectivity index (χ0) is 22.9. The standard InChI is InChI=1S/C25H21Cl2N3O2S/c1-16-4-2-3-5-21(16)29-10-12-30(13-11-29)25-28-24(31)23(33-25)15-18-7-9-22(32-18)19-14-17(26)6-8-20(19)27/h2-9,14-15H,10-13H2,1H3. The number of piperazine rings is 1. The van der Waals surface area contributed by atoms with Crippen molar-refractivity contribution in [2.75, 3.05) is 31.1 Å². The number of benzene rings is 2. The number of thioether (sulfide) groups is 1. The Morgan fingerprint density at radius 2 is 1.76 bits per heavy atom. The van der Waals surface area contributed by atoms with Gasteiger partial charge in [-0.05, 0) is 60.6 Å². The summed E-state index contributed by atoms with van der Waals surface area (Å²) in [6.45, 7) is 5.55. The van der Waals surface area contributed by atoms with Crippen molar-refractivity contribution in [2.24, 2.45) is 4.99 Å². The monoisotopic (exact) mass is 497 g/mol. The molecule has 1 fully saturated rings. The van der Waals surface area contributed by atoms with Gasteiger partial charge in [0.15, 0.2) is 5.17 Å². The van der Waals surface area contributed by atoms with Gasteiger partial charge in [-0.25, -0.2) is 0 Å². The summed E-state index contributed by atoms with van der Waals surface area (Å²) in [5.74, 6) is 0.922. The Bertz CT molecular complexity index is 1280. The smallest absolute Gasteiger partial charge is 0.286 e. The van der Waals surface area contributed by atoms with Crippen molar-refractivity contribution in [1.82, 2.24) is 4.90 Å². The van der Waals surface area contributed by atoms with Gasteiger partial charge in [-0.1, -0.05) is 41.4 Å². The molecule has 0 N–H and O–H groups in total. The molecule has 3 aromatic rings. The van der Waals surface area contributed by atoms with Crippen LogP contribution in [-0.2, 0) is 4.79 Å². The molecule has 33 heavy (non-hydrogen) atoms. The second-order valence-corrected chi connectivity index (χ2v) is 9.75. The van der Waals surface area contributed by atoms with Crippen LogP contribution < -0.4 is 4.90 Å². The van der Waals surface area contributed by atoms with Crippen LogP contribution in [0.4, 0.5) is 5.69 Å². The van der Waals surface area contributed by atoms with Gasteiger partial charge in [-0.2, -0.15) is 4.99 Å². The summed E-state index contributed by atoms with van der Waals surface area (Å²) in [6.07, 6.45) is 1.73. The maximum atomic E-state index is 12.5. The number of anilines is 1. The summed E-state index contributed by atoms with van der Waals surface area (Å²) in [4.78, 5) is 21.9. The molecule has 168 valence electrons. The van der Waals surface area contributed by atoms with E-state index in [1.165, 1.54) is 23.0 Å². The highest BCUT2D eigenvalue weighted by Gasteiger charge is 2.29. The summed E-state index contributed by atoms with van der Waals surface area (Å²) >= 11 is 13.8. The first-order valence-corrected chi connectivity index (χ1v) is 12.2. The molecule has 0 bridgehead atoms. The molecule has 5 rings (SSSR count). The lowest BCUT2D eigenvalue weighted by molar-refractivity contribution is -0.113. The summed E-state index contributed by atoms with van der Waals surface area (Å²) in [7, 11) is 0. The van der Waals surface area contributed by atoms with Crippen molar-refractivity contribution in [2.45, 2.75) is 6.92 Å². The number of aryl methyl sites for hydroxylation is 1. The van der Waals surface area contributed by atoms with Gasteiger partial charge in [-0.3, -0.25) is 4.79 Å². The van der Waals surface area contributed by atoms with Crippen LogP contribution in [-0.4, -0.2) is 42.2 Å². The number of nitrogens with zero attached hydrogens (tertiary/aromatic N) is 3. The van der Waals surface area contributed by atoms with Crippen LogP contribution in [0.3, 0.4) is 0 Å². The minimum atomic E-state index is -0.241. The maximum absolute atomic E-state index is 12.5. The Balaban J connectivity index is 1.26. The highest BCUT2D eigenvalue weighted by atomic mass is 35.5. The number of para-hydroxylation sites is 1. The third kappa shape index (κ3) is 4.69. The second-order valence-electron chi connectivity index (χ2n) is 7.90. The zero-order valence-electron chi connectivity index (χ0n) is 17.9. The van der Waals surface area contributed by atoms with Crippen LogP contribution in [0.25, 0.3) is 17.4 Å². The largest absolute Gasteiger partial charge is 0.457 e. The number of rotatable bonds is 3. The third-order valence-corrected chi connectivity index (χ3v) is 7.32. The van der Waals surface area contributed by atoms with Crippen molar-refractivity contribution >= 4 is 57.8 Å². The number of hydrogen-bond acceptors (Lipinski definition) is 5. The molecule has 0 saturated carbocycles. The van der Waals surface area contributed by atoms with Crippen molar-refractivity contribution in [1.29, 1.82) is 0 Å². The highest BCUT2D eigenvalue weighted by Crippen LogP contribution is 2.35. The Kier molecular flexibility index (Phi) is 6.23. The van der Waals surface area contributed by atoms with Gasteiger partial charge in [0.1, 0.15) is 11.5 Å². The van der Waals surface area contributed by atoms with Crippen LogP contribution >= 0.6 is 35.0 Å². The quantitative estimate of drug-likeness (QED) is 0.394. The summed E-state index contributed by atoms with van der Waals surface area (Å²) in [6, 6.07) is 17.3. The normalized spacial score (nSPS) is 17.7. The predicted octanol–water partition coefficient (Wildman–Crippen LogP) is 6.35. The van der Waals surface area contributed by atoms with E-state index >= 15 is 0 Å². The Morgan fingerprint density at radius 1 is 1.00 bits per heavy atom. The lowest BCUT2D eigenvalue weighted by Crippen LogP contribution is -2.48. The van der Waals surface area contributed by atoms with E-state index in [9.17, 15) is 4.79 Å². The zero-order valence-corrected chi connectivity index (χ0v) is 20.3. The van der Waals surface area contributed by atoms with Gasteiger partial charge in [0, 0.05) is 48.5 Å². The maximum Gasteiger partial charge on any atom is 0.286 e. The molecule has 5 nitrogen and oxygen atoms in total. The first kappa shape index (κ1) is 22.1. The third-order valence-electron chi connectivity index (χ3n) is 5.71. The summed E-state index contributed by atoms with van der Waals surface area (Å²) in [5.41, 5.74) is 3.25. The molecular formula is C25H21Cl2N3O2S. The van der Waals surface area contributed by atoms with Crippen LogP contribution in [0, 0.1) is 6.92 Å². The minimum absolute atomic E-state index is 0.241. The molecule has 0 aliphatic carbocycles. The Morgan fingerprint density at radius 3 is 2.55 bits per heavy atom. The number of aliphatic imine (C=N–C) groups is 1. The number of hydrogen-bond donors (Lipinski definition) is 0. The van der Waals surface area contributed by atoms with E-state index in [0.717, 1.165) is 31.3 Å². The number of carbonyl (C=O) groups is 1. The van der Waals surface area contributed by atoms with Crippen LogP contribution in [0.5, 0.6) is 0 Å². The van der Waals surface area contributed by atoms with Crippen LogP contribution in [0.2, 0.25) is 10.0 Å². The minimum Gasteiger partial charge on any atom is -0.457 e. The molecule has 2 aliphatic rings. The van der Waals surface area contributed by atoms with E-state index < -0.39 is 0 Å². The molecule has 1 amide bonds. The number of furan rings is 1. The molecule has 0 radical (unpaired) electrons. The van der Waals surface area contributed by atoms with Gasteiger partial charge in [0.05, 0.1) is 9.93 Å². The lowest BCUT2D eigenvalue weighted by Gasteiger charge is -2.37. The molecule has 3 heterocycles. The van der Waals surface area contributed by atoms with E-state index in [1.807, 2.05) is 12.1 Å². The first-order valence-electron chi connectivity index (χ1n) is 10.6. The van der Waals surface area contributed by atoms with Gasteiger partial charge >= 0.3 is 0 Å². The summed E-state index contributed by atoms with van der Waals surface area (Å²) in [5, 5.41) is 1.88. The Hall–Kier alpha value is -2.67. The Labute approximate surface area is 206 Å². The van der Waals surface area contributed by atoms with Gasteiger partial charge in [0.2, 0.25) is 0 Å². The number of halogens is 2. The molecule has 2 aliphatic heterocycles. The fourth-order valence-corrected chi connectivity index (χ4v) is 5.31. The highest BCUT2D eigenvalue weighted by molar-refractivity contribution is 8.18. The number of carbonyl (C=O) groups excluding carboxylic acids is 1. The van der Waals surface area contributed by atoms with E-state index in [4.69, 9.17) is 27.6 Å². The molecule has 1 aromatic heterocycles. The molecule has 0 unspecified atom stereocenters. The van der Waals surface area contributed by atoms with Crippen molar-refractivity contribution in [3.8, 4) is 11.3 Å². The van der Waals surface area contributed by atoms with E-state index in [1.54, 1.807) is 24.3 Å². The SMILES string of the molecule is Cc1ccccc1N1CCN(C2=NC(=O)C(=Cc3ccc(-c4cc(Cl)ccc4Cl)o3)S2)CC1. The molecule has 2 aromatic carbocycles. The van der Waals surface area contributed by atoms with E-state index in [-0.39, 0.29) is 5.91 Å². The fraction of sp³-hybridized carbons (Fsp3) is 0.200. The first-order chi connectivity index (χ1) is 16.0. The van der Waals surface area contributed by atoms with Gasteiger partial charge < -0.3 is 14.2 Å². The number of amides is 1. The fourth-order valence-electron chi connectivity index (χ4n) is 3.98. The van der Waals surface area contributed by atoms with Crippen molar-refractivity contribution in [3.05, 3.63) is 80.9 Å². The average molecular weight is 498 g/mol. The van der Waals surface area contributed by atoms with Crippen molar-refractivity contribution < 1.29 is 9.21 Å². The average Bonchev–Trinajstić information content (AvgIpc) is 3.43. The predicted molar refractivity (Wildman–Crippen MR) is 137 cm³/mol. The lowest BCUT2D eigenvalue weighted by atomic mass is 10.1. The molecule has 1 saturated heterocycles. The number of amidine groups is 1. The second kappa shape index (κ2) is 9.29. The molecule has 8 heteroatoms. The van der Waals surface area contributed by atoms with Crippen LogP contribution in [0.1, 0.15) is 11.3 Å². The van der Waals surface area contributed by atoms with Gasteiger partial charge in [0.25, 0.3) is 5.91 Å². The van der Waals surface area contributed by atoms with E-state index in [2.05, 4.69) is 46.0 Å². The van der Waals surface area contributed by atoms with Gasteiger partial charge in [-0.15, -0.1) is 0 Å². The van der Waals surface area contributed by atoms with Crippen LogP contribution in [0.15, 0.2) is 68.9 Å². The van der Waals surface area contributed by atoms with E-state index in [0.29, 0.717) is 32.0 Å².